The summed E-state index contributed by atoms with van der Waals surface area (Å²) < 4.78 is 11.1. The van der Waals surface area contributed by atoms with Crippen LogP contribution in [0.15, 0.2) is 0 Å². The summed E-state index contributed by atoms with van der Waals surface area (Å²) in [6.45, 7) is 4.61. The van der Waals surface area contributed by atoms with Crippen molar-refractivity contribution in [1.82, 2.24) is 0 Å². The molecular weight excluding hydrogens is 192 g/mol. The van der Waals surface area contributed by atoms with Crippen molar-refractivity contribution in [2.24, 2.45) is 11.8 Å². The minimum Gasteiger partial charge on any atom is -0.400 e. The van der Waals surface area contributed by atoms with E-state index in [2.05, 4.69) is 13.8 Å². The predicted molar refractivity (Wildman–Crippen MR) is 61.7 cm³/mol. The van der Waals surface area contributed by atoms with Gasteiger partial charge in [-0.1, -0.05) is 39.5 Å². The summed E-state index contributed by atoms with van der Waals surface area (Å²) in [5, 5.41) is 0. The molecule has 0 spiro atoms. The summed E-state index contributed by atoms with van der Waals surface area (Å²) in [4.78, 5) is 0. The molecule has 1 aliphatic rings. The molecule has 1 atom stereocenters. The SMILES string of the molecule is CO[SiH](OC)C(C(C)C)C1CCCC1. The molecule has 0 bridgehead atoms. The second-order valence-corrected chi connectivity index (χ2v) is 7.16. The van der Waals surface area contributed by atoms with Gasteiger partial charge in [0, 0.05) is 19.8 Å². The zero-order valence-electron chi connectivity index (χ0n) is 9.95. The average Bonchev–Trinajstić information content (AvgIpc) is 2.65. The molecule has 1 aliphatic carbocycles. The minimum atomic E-state index is -1.42. The van der Waals surface area contributed by atoms with E-state index in [-0.39, 0.29) is 0 Å². The maximum atomic E-state index is 5.55. The van der Waals surface area contributed by atoms with Gasteiger partial charge in [-0.15, -0.1) is 0 Å². The lowest BCUT2D eigenvalue weighted by atomic mass is 9.95. The van der Waals surface area contributed by atoms with E-state index in [4.69, 9.17) is 8.85 Å². The summed E-state index contributed by atoms with van der Waals surface area (Å²) in [6.07, 6.45) is 5.59. The fourth-order valence-corrected chi connectivity index (χ4v) is 5.11. The molecule has 0 aliphatic heterocycles. The summed E-state index contributed by atoms with van der Waals surface area (Å²) in [6, 6.07) is 0. The van der Waals surface area contributed by atoms with E-state index in [9.17, 15) is 0 Å². The van der Waals surface area contributed by atoms with Gasteiger partial charge in [-0.25, -0.2) is 0 Å². The fraction of sp³-hybridized carbons (Fsp3) is 1.00. The van der Waals surface area contributed by atoms with Gasteiger partial charge in [0.25, 0.3) is 0 Å². The maximum absolute atomic E-state index is 5.55. The van der Waals surface area contributed by atoms with Gasteiger partial charge in [0.15, 0.2) is 0 Å². The largest absolute Gasteiger partial charge is 0.400 e. The van der Waals surface area contributed by atoms with E-state index in [1.165, 1.54) is 25.7 Å². The Hall–Kier alpha value is 0.137. The molecule has 0 radical (unpaired) electrons. The fourth-order valence-electron chi connectivity index (χ4n) is 2.83. The Labute approximate surface area is 89.8 Å². The highest BCUT2D eigenvalue weighted by atomic mass is 28.3. The third-order valence-electron chi connectivity index (χ3n) is 3.49. The van der Waals surface area contributed by atoms with Gasteiger partial charge in [-0.3, -0.25) is 0 Å². The van der Waals surface area contributed by atoms with Crippen molar-refractivity contribution in [3.8, 4) is 0 Å². The topological polar surface area (TPSA) is 18.5 Å². The van der Waals surface area contributed by atoms with E-state index in [1.807, 2.05) is 14.2 Å². The lowest BCUT2D eigenvalue weighted by Crippen LogP contribution is -2.33. The van der Waals surface area contributed by atoms with E-state index in [1.54, 1.807) is 0 Å². The molecule has 0 amide bonds. The van der Waals surface area contributed by atoms with Crippen LogP contribution in [0.5, 0.6) is 0 Å². The van der Waals surface area contributed by atoms with Crippen LogP contribution in [0, 0.1) is 11.8 Å². The molecule has 0 N–H and O–H groups in total. The van der Waals surface area contributed by atoms with Gasteiger partial charge in [-0.05, 0) is 11.8 Å². The predicted octanol–water partition coefficient (Wildman–Crippen LogP) is 2.72. The zero-order valence-corrected chi connectivity index (χ0v) is 11.1. The molecular formula is C11H24O2Si. The van der Waals surface area contributed by atoms with Crippen LogP contribution in [0.1, 0.15) is 39.5 Å². The highest BCUT2D eigenvalue weighted by molar-refractivity contribution is 6.46. The van der Waals surface area contributed by atoms with Crippen LogP contribution in [0.3, 0.4) is 0 Å². The monoisotopic (exact) mass is 216 g/mol. The second-order valence-electron chi connectivity index (χ2n) is 4.71. The molecule has 0 aromatic rings. The first-order valence-corrected chi connectivity index (χ1v) is 7.37. The quantitative estimate of drug-likeness (QED) is 0.658. The summed E-state index contributed by atoms with van der Waals surface area (Å²) in [5.41, 5.74) is 0.701. The van der Waals surface area contributed by atoms with Crippen molar-refractivity contribution >= 4 is 9.28 Å². The Bertz CT molecular complexity index is 149. The third-order valence-corrected chi connectivity index (χ3v) is 6.36. The van der Waals surface area contributed by atoms with E-state index < -0.39 is 9.28 Å². The summed E-state index contributed by atoms with van der Waals surface area (Å²) in [7, 11) is 2.20. The molecule has 1 saturated carbocycles. The van der Waals surface area contributed by atoms with E-state index in [0.717, 1.165) is 5.92 Å². The molecule has 1 fully saturated rings. The molecule has 0 aromatic carbocycles. The second kappa shape index (κ2) is 5.88. The smallest absolute Gasteiger partial charge is 0.324 e. The van der Waals surface area contributed by atoms with Crippen molar-refractivity contribution in [3.05, 3.63) is 0 Å². The number of rotatable bonds is 5. The lowest BCUT2D eigenvalue weighted by Gasteiger charge is -2.31. The van der Waals surface area contributed by atoms with Gasteiger partial charge in [-0.2, -0.15) is 0 Å². The van der Waals surface area contributed by atoms with Crippen LogP contribution in [0.2, 0.25) is 5.54 Å². The summed E-state index contributed by atoms with van der Waals surface area (Å²) >= 11 is 0. The third kappa shape index (κ3) is 2.81. The lowest BCUT2D eigenvalue weighted by molar-refractivity contribution is 0.231. The first-order valence-electron chi connectivity index (χ1n) is 5.76. The molecule has 0 aromatic heterocycles. The van der Waals surface area contributed by atoms with Crippen LogP contribution in [-0.2, 0) is 8.85 Å². The molecule has 14 heavy (non-hydrogen) atoms. The molecule has 84 valence electrons. The van der Waals surface area contributed by atoms with Crippen LogP contribution in [0.4, 0.5) is 0 Å². The Balaban J connectivity index is 2.61. The Morgan fingerprint density at radius 1 is 1.07 bits per heavy atom. The van der Waals surface area contributed by atoms with Crippen molar-refractivity contribution < 1.29 is 8.85 Å². The van der Waals surface area contributed by atoms with Crippen LogP contribution in [0.25, 0.3) is 0 Å². The first-order chi connectivity index (χ1) is 6.70. The van der Waals surface area contributed by atoms with Crippen molar-refractivity contribution in [2.75, 3.05) is 14.2 Å². The molecule has 0 heterocycles. The molecule has 0 saturated heterocycles. The normalized spacial score (nSPS) is 21.0. The first kappa shape index (κ1) is 12.2. The zero-order chi connectivity index (χ0) is 10.6. The van der Waals surface area contributed by atoms with Gasteiger partial charge < -0.3 is 8.85 Å². The Kier molecular flexibility index (Phi) is 5.13. The van der Waals surface area contributed by atoms with Crippen LogP contribution < -0.4 is 0 Å². The molecule has 1 unspecified atom stereocenters. The molecule has 2 nitrogen and oxygen atoms in total. The van der Waals surface area contributed by atoms with Crippen molar-refractivity contribution in [3.63, 3.8) is 0 Å². The van der Waals surface area contributed by atoms with Crippen LogP contribution >= 0.6 is 0 Å². The number of hydrogen-bond acceptors (Lipinski definition) is 2. The standard InChI is InChI=1S/C11H24O2Si/c1-9(2)11(14(12-3)13-4)10-7-5-6-8-10/h9-11,14H,5-8H2,1-4H3. The van der Waals surface area contributed by atoms with Gasteiger partial charge in [0.05, 0.1) is 0 Å². The molecule has 3 heteroatoms. The summed E-state index contributed by atoms with van der Waals surface area (Å²) in [5.74, 6) is 1.57. The maximum Gasteiger partial charge on any atom is 0.324 e. The highest BCUT2D eigenvalue weighted by Crippen LogP contribution is 2.41. The van der Waals surface area contributed by atoms with Gasteiger partial charge >= 0.3 is 9.28 Å². The minimum absolute atomic E-state index is 0.701. The van der Waals surface area contributed by atoms with Gasteiger partial charge in [0.1, 0.15) is 0 Å². The highest BCUT2D eigenvalue weighted by Gasteiger charge is 2.35. The Morgan fingerprint density at radius 3 is 1.93 bits per heavy atom. The molecule has 1 rings (SSSR count). The van der Waals surface area contributed by atoms with Gasteiger partial charge in [0.2, 0.25) is 0 Å². The van der Waals surface area contributed by atoms with E-state index >= 15 is 0 Å². The van der Waals surface area contributed by atoms with E-state index in [0.29, 0.717) is 11.5 Å². The van der Waals surface area contributed by atoms with Crippen molar-refractivity contribution in [2.45, 2.75) is 45.1 Å². The average molecular weight is 216 g/mol. The number of hydrogen-bond donors (Lipinski definition) is 0. The Morgan fingerprint density at radius 2 is 1.57 bits per heavy atom. The van der Waals surface area contributed by atoms with Crippen LogP contribution in [-0.4, -0.2) is 23.5 Å². The van der Waals surface area contributed by atoms with Crippen molar-refractivity contribution in [1.29, 1.82) is 0 Å².